The van der Waals surface area contributed by atoms with E-state index in [-0.39, 0.29) is 0 Å². The van der Waals surface area contributed by atoms with Gasteiger partial charge in [0.05, 0.1) is 0 Å². The Balaban J connectivity index is 0. The van der Waals surface area contributed by atoms with Crippen LogP contribution < -0.4 is 0 Å². The summed E-state index contributed by atoms with van der Waals surface area (Å²) in [7, 11) is 0. The molecule has 0 heteroatoms. The highest BCUT2D eigenvalue weighted by Crippen LogP contribution is 2.00. The van der Waals surface area contributed by atoms with Gasteiger partial charge in [-0.3, -0.25) is 0 Å². The molecule has 0 N–H and O–H groups in total. The minimum Gasteiger partial charge on any atom is -0.103 e. The Labute approximate surface area is 79.1 Å². The van der Waals surface area contributed by atoms with Gasteiger partial charge in [-0.05, 0) is 12.3 Å². The van der Waals surface area contributed by atoms with E-state index in [2.05, 4.69) is 34.3 Å². The molecule has 0 heterocycles. The molecule has 0 nitrogen and oxygen atoms in total. The van der Waals surface area contributed by atoms with Crippen molar-refractivity contribution in [1.29, 1.82) is 0 Å². The lowest BCUT2D eigenvalue weighted by molar-refractivity contribution is 0.576. The largest absolute Gasteiger partial charge is 0.103 e. The molecule has 0 aliphatic carbocycles. The lowest BCUT2D eigenvalue weighted by Gasteiger charge is -1.95. The Morgan fingerprint density at radius 3 is 1.83 bits per heavy atom. The highest BCUT2D eigenvalue weighted by molar-refractivity contribution is 4.64. The van der Waals surface area contributed by atoms with E-state index in [4.69, 9.17) is 0 Å². The average molecular weight is 170 g/mol. The summed E-state index contributed by atoms with van der Waals surface area (Å²) in [5.41, 5.74) is 0. The van der Waals surface area contributed by atoms with Crippen LogP contribution in [0.15, 0.2) is 12.7 Å². The zero-order chi connectivity index (χ0) is 9.82. The van der Waals surface area contributed by atoms with Crippen molar-refractivity contribution >= 4 is 0 Å². The van der Waals surface area contributed by atoms with Gasteiger partial charge in [-0.2, -0.15) is 0 Å². The maximum absolute atomic E-state index is 3.60. The van der Waals surface area contributed by atoms with Gasteiger partial charge in [-0.1, -0.05) is 59.5 Å². The summed E-state index contributed by atoms with van der Waals surface area (Å²) in [6, 6.07) is 0. The molecule has 0 radical (unpaired) electrons. The van der Waals surface area contributed by atoms with E-state index >= 15 is 0 Å². The molecule has 0 aliphatic rings. The van der Waals surface area contributed by atoms with Gasteiger partial charge >= 0.3 is 0 Å². The number of hydrogen-bond donors (Lipinski definition) is 0. The fraction of sp³-hybridized carbons (Fsp3) is 0.833. The molecule has 0 amide bonds. The van der Waals surface area contributed by atoms with E-state index in [0.29, 0.717) is 0 Å². The van der Waals surface area contributed by atoms with Crippen LogP contribution in [-0.2, 0) is 0 Å². The van der Waals surface area contributed by atoms with Crippen molar-refractivity contribution in [3.05, 3.63) is 12.7 Å². The van der Waals surface area contributed by atoms with Gasteiger partial charge in [0, 0.05) is 0 Å². The van der Waals surface area contributed by atoms with E-state index in [9.17, 15) is 0 Å². The Kier molecular flexibility index (Phi) is 15.9. The molecule has 0 spiro atoms. The monoisotopic (exact) mass is 170 g/mol. The molecule has 74 valence electrons. The lowest BCUT2D eigenvalue weighted by atomic mass is 10.1. The molecular weight excluding hydrogens is 144 g/mol. The van der Waals surface area contributed by atoms with Crippen molar-refractivity contribution in [2.24, 2.45) is 5.92 Å². The van der Waals surface area contributed by atoms with Crippen LogP contribution in [0.3, 0.4) is 0 Å². The first-order valence-corrected chi connectivity index (χ1v) is 5.29. The zero-order valence-electron chi connectivity index (χ0n) is 9.40. The van der Waals surface area contributed by atoms with Gasteiger partial charge < -0.3 is 0 Å². The van der Waals surface area contributed by atoms with Gasteiger partial charge in [0.25, 0.3) is 0 Å². The predicted octanol–water partition coefficient (Wildman–Crippen LogP) is 4.81. The quantitative estimate of drug-likeness (QED) is 0.410. The van der Waals surface area contributed by atoms with Gasteiger partial charge in [0.1, 0.15) is 0 Å². The minimum atomic E-state index is 0.898. The van der Waals surface area contributed by atoms with Crippen LogP contribution in [0.25, 0.3) is 0 Å². The fourth-order valence-electron chi connectivity index (χ4n) is 0.926. The standard InChI is InChI=1S/C6H14.C6H12/c1-4-5-6(2)3;1-3-5-6-4-2/h6H,4-5H2,1-3H3;3H,1,4-6H2,2H3. The van der Waals surface area contributed by atoms with Gasteiger partial charge in [-0.15, -0.1) is 6.58 Å². The molecule has 0 aromatic rings. The molecule has 0 bridgehead atoms. The van der Waals surface area contributed by atoms with Crippen molar-refractivity contribution in [1.82, 2.24) is 0 Å². The smallest absolute Gasteiger partial charge is 0.0354 e. The summed E-state index contributed by atoms with van der Waals surface area (Å²) in [6.07, 6.45) is 8.42. The van der Waals surface area contributed by atoms with E-state index in [0.717, 1.165) is 5.92 Å². The van der Waals surface area contributed by atoms with Crippen molar-refractivity contribution in [2.75, 3.05) is 0 Å². The molecule has 0 aromatic carbocycles. The fourth-order valence-corrected chi connectivity index (χ4v) is 0.926. The van der Waals surface area contributed by atoms with E-state index in [1.54, 1.807) is 0 Å². The molecule has 0 saturated carbocycles. The van der Waals surface area contributed by atoms with E-state index in [1.165, 1.54) is 32.1 Å². The molecule has 0 aromatic heterocycles. The summed E-state index contributed by atoms with van der Waals surface area (Å²) >= 11 is 0. The van der Waals surface area contributed by atoms with E-state index in [1.807, 2.05) is 6.08 Å². The first-order valence-electron chi connectivity index (χ1n) is 5.29. The maximum atomic E-state index is 3.60. The SMILES string of the molecule is C=CCCCC.CCCC(C)C. The first kappa shape index (κ1) is 14.3. The Bertz CT molecular complexity index is 72.1. The van der Waals surface area contributed by atoms with Crippen molar-refractivity contribution in [3.8, 4) is 0 Å². The molecule has 0 saturated heterocycles. The van der Waals surface area contributed by atoms with Gasteiger partial charge in [0.15, 0.2) is 0 Å². The van der Waals surface area contributed by atoms with Crippen molar-refractivity contribution < 1.29 is 0 Å². The average Bonchev–Trinajstić information content (AvgIpc) is 2.02. The predicted molar refractivity (Wildman–Crippen MR) is 59.5 cm³/mol. The normalized spacial score (nSPS) is 9.08. The maximum Gasteiger partial charge on any atom is -0.0354 e. The zero-order valence-corrected chi connectivity index (χ0v) is 9.40. The summed E-state index contributed by atoms with van der Waals surface area (Å²) in [5.74, 6) is 0.898. The van der Waals surface area contributed by atoms with Crippen LogP contribution in [0.5, 0.6) is 0 Å². The van der Waals surface area contributed by atoms with Crippen molar-refractivity contribution in [2.45, 2.75) is 59.8 Å². The van der Waals surface area contributed by atoms with Crippen LogP contribution >= 0.6 is 0 Å². The Morgan fingerprint density at radius 1 is 1.17 bits per heavy atom. The molecule has 0 unspecified atom stereocenters. The van der Waals surface area contributed by atoms with Crippen LogP contribution in [-0.4, -0.2) is 0 Å². The Morgan fingerprint density at radius 2 is 1.75 bits per heavy atom. The third kappa shape index (κ3) is 22.6. The second kappa shape index (κ2) is 13.3. The molecule has 0 aliphatic heterocycles. The summed E-state index contributed by atoms with van der Waals surface area (Å²) in [4.78, 5) is 0. The highest BCUT2D eigenvalue weighted by Gasteiger charge is 1.85. The van der Waals surface area contributed by atoms with Crippen LogP contribution in [0.2, 0.25) is 0 Å². The molecule has 12 heavy (non-hydrogen) atoms. The van der Waals surface area contributed by atoms with Gasteiger partial charge in [0.2, 0.25) is 0 Å². The van der Waals surface area contributed by atoms with Crippen molar-refractivity contribution in [3.63, 3.8) is 0 Å². The Hall–Kier alpha value is -0.260. The highest BCUT2D eigenvalue weighted by atomic mass is 13.9. The van der Waals surface area contributed by atoms with Crippen LogP contribution in [0.4, 0.5) is 0 Å². The lowest BCUT2D eigenvalue weighted by Crippen LogP contribution is -1.81. The number of allylic oxidation sites excluding steroid dienone is 1. The second-order valence-electron chi connectivity index (χ2n) is 3.61. The summed E-state index contributed by atoms with van der Waals surface area (Å²) in [6.45, 7) is 12.5. The number of hydrogen-bond acceptors (Lipinski definition) is 0. The summed E-state index contributed by atoms with van der Waals surface area (Å²) in [5, 5.41) is 0. The first-order chi connectivity index (χ1) is 5.68. The number of unbranched alkanes of at least 4 members (excludes halogenated alkanes) is 2. The van der Waals surface area contributed by atoms with E-state index < -0.39 is 0 Å². The third-order valence-electron chi connectivity index (χ3n) is 1.63. The molecule has 0 fully saturated rings. The topological polar surface area (TPSA) is 0 Å². The molecule has 0 rings (SSSR count). The van der Waals surface area contributed by atoms with Crippen LogP contribution in [0.1, 0.15) is 59.8 Å². The second-order valence-corrected chi connectivity index (χ2v) is 3.61. The van der Waals surface area contributed by atoms with Gasteiger partial charge in [-0.25, -0.2) is 0 Å². The minimum absolute atomic E-state index is 0.898. The molecular formula is C12H26. The molecule has 0 atom stereocenters. The number of rotatable bonds is 5. The summed E-state index contributed by atoms with van der Waals surface area (Å²) < 4.78 is 0. The van der Waals surface area contributed by atoms with Crippen LogP contribution in [0, 0.1) is 5.92 Å². The third-order valence-corrected chi connectivity index (χ3v) is 1.63.